The molecule has 1 atom stereocenters. The highest BCUT2D eigenvalue weighted by Gasteiger charge is 2.28. The molecule has 2 rings (SSSR count). The van der Waals surface area contributed by atoms with Crippen LogP contribution in [0.5, 0.6) is 0 Å². The number of nitrogens with zero attached hydrogens (tertiary/aromatic N) is 2. The Kier molecular flexibility index (Phi) is 3.84. The van der Waals surface area contributed by atoms with Crippen LogP contribution in [0.4, 0.5) is 0 Å². The molecule has 1 N–H and O–H groups in total. The van der Waals surface area contributed by atoms with Gasteiger partial charge in [0.15, 0.2) is 5.76 Å². The molecule has 4 nitrogen and oxygen atoms in total. The van der Waals surface area contributed by atoms with Gasteiger partial charge in [-0.25, -0.2) is 0 Å². The molecule has 17 heavy (non-hydrogen) atoms. The Morgan fingerprint density at radius 3 is 3.00 bits per heavy atom. The van der Waals surface area contributed by atoms with Crippen LogP contribution in [-0.2, 0) is 6.54 Å². The number of hydrogen-bond acceptors (Lipinski definition) is 4. The fourth-order valence-electron chi connectivity index (χ4n) is 2.26. The van der Waals surface area contributed by atoms with E-state index in [1.807, 2.05) is 6.07 Å². The molecule has 4 heteroatoms. The summed E-state index contributed by atoms with van der Waals surface area (Å²) in [5, 5.41) is 7.40. The first-order valence-electron chi connectivity index (χ1n) is 6.41. The minimum Gasteiger partial charge on any atom is -0.360 e. The summed E-state index contributed by atoms with van der Waals surface area (Å²) in [6.07, 6.45) is 2.91. The van der Waals surface area contributed by atoms with E-state index in [4.69, 9.17) is 4.52 Å². The zero-order valence-corrected chi connectivity index (χ0v) is 11.1. The van der Waals surface area contributed by atoms with Gasteiger partial charge in [0.05, 0.1) is 12.7 Å². The third-order valence-electron chi connectivity index (χ3n) is 3.40. The number of aromatic nitrogens is 1. The molecule has 0 aromatic carbocycles. The highest BCUT2D eigenvalue weighted by Crippen LogP contribution is 2.22. The zero-order chi connectivity index (χ0) is 12.3. The lowest BCUT2D eigenvalue weighted by Gasteiger charge is -2.33. The van der Waals surface area contributed by atoms with E-state index in [0.717, 1.165) is 31.9 Å². The van der Waals surface area contributed by atoms with Crippen LogP contribution in [0, 0.1) is 5.41 Å². The molecule has 0 radical (unpaired) electrons. The maximum absolute atomic E-state index is 5.19. The topological polar surface area (TPSA) is 41.3 Å². The molecule has 1 aliphatic heterocycles. The van der Waals surface area contributed by atoms with Crippen molar-refractivity contribution in [3.8, 4) is 0 Å². The van der Waals surface area contributed by atoms with Gasteiger partial charge in [0.25, 0.3) is 0 Å². The molecule has 0 saturated carbocycles. The van der Waals surface area contributed by atoms with Crippen LogP contribution in [-0.4, -0.2) is 35.7 Å². The maximum Gasteiger partial charge on any atom is 0.150 e. The predicted octanol–water partition coefficient (Wildman–Crippen LogP) is 1.88. The molecule has 0 amide bonds. The minimum absolute atomic E-state index is 0.296. The van der Waals surface area contributed by atoms with Crippen molar-refractivity contribution in [1.29, 1.82) is 0 Å². The van der Waals surface area contributed by atoms with Crippen LogP contribution >= 0.6 is 0 Å². The summed E-state index contributed by atoms with van der Waals surface area (Å²) in [6.45, 7) is 11.1. The van der Waals surface area contributed by atoms with Crippen molar-refractivity contribution < 1.29 is 4.52 Å². The highest BCUT2D eigenvalue weighted by molar-refractivity contribution is 4.94. The van der Waals surface area contributed by atoms with Crippen molar-refractivity contribution >= 4 is 0 Å². The molecule has 1 aliphatic rings. The maximum atomic E-state index is 5.19. The Hall–Kier alpha value is -0.870. The predicted molar refractivity (Wildman–Crippen MR) is 67.6 cm³/mol. The second-order valence-electron chi connectivity index (χ2n) is 5.94. The van der Waals surface area contributed by atoms with E-state index >= 15 is 0 Å². The van der Waals surface area contributed by atoms with Crippen LogP contribution in [0.15, 0.2) is 16.8 Å². The van der Waals surface area contributed by atoms with Crippen LogP contribution in [0.2, 0.25) is 0 Å². The van der Waals surface area contributed by atoms with Crippen molar-refractivity contribution in [1.82, 2.24) is 15.4 Å². The molecule has 1 aromatic heterocycles. The molecular weight excluding hydrogens is 214 g/mol. The quantitative estimate of drug-likeness (QED) is 0.853. The smallest absolute Gasteiger partial charge is 0.150 e. The first-order chi connectivity index (χ1) is 8.05. The second-order valence-corrected chi connectivity index (χ2v) is 5.94. The molecule has 0 spiro atoms. The average Bonchev–Trinajstić information content (AvgIpc) is 2.61. The van der Waals surface area contributed by atoms with Gasteiger partial charge in [0.2, 0.25) is 0 Å². The largest absolute Gasteiger partial charge is 0.360 e. The molecule has 96 valence electrons. The summed E-state index contributed by atoms with van der Waals surface area (Å²) < 4.78 is 5.19. The van der Waals surface area contributed by atoms with E-state index in [1.165, 1.54) is 6.42 Å². The van der Waals surface area contributed by atoms with Gasteiger partial charge >= 0.3 is 0 Å². The highest BCUT2D eigenvalue weighted by atomic mass is 16.5. The summed E-state index contributed by atoms with van der Waals surface area (Å²) in [4.78, 5) is 2.45. The number of hydrogen-bond donors (Lipinski definition) is 1. The Morgan fingerprint density at radius 1 is 1.53 bits per heavy atom. The molecule has 0 bridgehead atoms. The van der Waals surface area contributed by atoms with E-state index in [0.29, 0.717) is 11.5 Å². The third-order valence-corrected chi connectivity index (χ3v) is 3.40. The Morgan fingerprint density at radius 2 is 2.35 bits per heavy atom. The fraction of sp³-hybridized carbons (Fsp3) is 0.769. The van der Waals surface area contributed by atoms with Gasteiger partial charge in [-0.2, -0.15) is 0 Å². The summed E-state index contributed by atoms with van der Waals surface area (Å²) >= 11 is 0. The molecular formula is C13H23N3O. The van der Waals surface area contributed by atoms with Crippen LogP contribution < -0.4 is 5.32 Å². The molecule has 1 fully saturated rings. The average molecular weight is 237 g/mol. The number of rotatable bonds is 2. The van der Waals surface area contributed by atoms with Gasteiger partial charge in [-0.15, -0.1) is 0 Å². The van der Waals surface area contributed by atoms with E-state index in [1.54, 1.807) is 6.20 Å². The monoisotopic (exact) mass is 237 g/mol. The lowest BCUT2D eigenvalue weighted by molar-refractivity contribution is 0.178. The zero-order valence-electron chi connectivity index (χ0n) is 11.1. The second kappa shape index (κ2) is 5.19. The van der Waals surface area contributed by atoms with Crippen molar-refractivity contribution in [2.45, 2.75) is 39.8 Å². The van der Waals surface area contributed by atoms with E-state index in [2.05, 4.69) is 36.1 Å². The lowest BCUT2D eigenvalue weighted by Crippen LogP contribution is -2.46. The first-order valence-corrected chi connectivity index (χ1v) is 6.41. The van der Waals surface area contributed by atoms with E-state index < -0.39 is 0 Å². The SMILES string of the molecule is CC(C)(C)C1CN(Cc2ccno2)CCCN1. The van der Waals surface area contributed by atoms with Crippen LogP contribution in [0.3, 0.4) is 0 Å². The molecule has 1 aromatic rings. The standard InChI is InChI=1S/C13H23N3O/c1-13(2,3)12-10-16(8-4-6-14-12)9-11-5-7-15-17-11/h5,7,12,14H,4,6,8-10H2,1-3H3. The van der Waals surface area contributed by atoms with Crippen molar-refractivity contribution in [3.63, 3.8) is 0 Å². The summed E-state index contributed by atoms with van der Waals surface area (Å²) in [7, 11) is 0. The van der Waals surface area contributed by atoms with Gasteiger partial charge in [0.1, 0.15) is 0 Å². The summed E-state index contributed by atoms with van der Waals surface area (Å²) in [5.41, 5.74) is 0.296. The Balaban J connectivity index is 1.97. The lowest BCUT2D eigenvalue weighted by atomic mass is 9.86. The molecule has 2 heterocycles. The molecule has 0 aliphatic carbocycles. The molecule has 1 saturated heterocycles. The van der Waals surface area contributed by atoms with Gasteiger partial charge in [-0.1, -0.05) is 25.9 Å². The minimum atomic E-state index is 0.296. The van der Waals surface area contributed by atoms with Gasteiger partial charge in [-0.05, 0) is 24.9 Å². The van der Waals surface area contributed by atoms with Gasteiger partial charge in [0, 0.05) is 18.7 Å². The van der Waals surface area contributed by atoms with E-state index in [-0.39, 0.29) is 0 Å². The van der Waals surface area contributed by atoms with Crippen molar-refractivity contribution in [2.24, 2.45) is 5.41 Å². The first kappa shape index (κ1) is 12.6. The number of nitrogens with one attached hydrogen (secondary N) is 1. The summed E-state index contributed by atoms with van der Waals surface area (Å²) in [5.74, 6) is 0.958. The third kappa shape index (κ3) is 3.54. The van der Waals surface area contributed by atoms with Gasteiger partial charge in [-0.3, -0.25) is 4.90 Å². The fourth-order valence-corrected chi connectivity index (χ4v) is 2.26. The Bertz CT molecular complexity index is 329. The summed E-state index contributed by atoms with van der Waals surface area (Å²) in [6, 6.07) is 2.48. The van der Waals surface area contributed by atoms with Crippen LogP contribution in [0.25, 0.3) is 0 Å². The molecule has 1 unspecified atom stereocenters. The van der Waals surface area contributed by atoms with Gasteiger partial charge < -0.3 is 9.84 Å². The Labute approximate surface area is 103 Å². The van der Waals surface area contributed by atoms with Crippen molar-refractivity contribution in [2.75, 3.05) is 19.6 Å². The van der Waals surface area contributed by atoms with E-state index in [9.17, 15) is 0 Å². The normalized spacial score (nSPS) is 23.6. The van der Waals surface area contributed by atoms with Crippen LogP contribution in [0.1, 0.15) is 33.0 Å². The van der Waals surface area contributed by atoms with Crippen molar-refractivity contribution in [3.05, 3.63) is 18.0 Å².